The van der Waals surface area contributed by atoms with E-state index in [2.05, 4.69) is 0 Å². The van der Waals surface area contributed by atoms with Gasteiger partial charge in [0.05, 0.1) is 17.4 Å². The molecule has 0 saturated carbocycles. The largest absolute Gasteiger partial charge is 0.469 e. The smallest absolute Gasteiger partial charge is 0.142 e. The highest BCUT2D eigenvalue weighted by atomic mass is 35.5. The fourth-order valence-electron chi connectivity index (χ4n) is 1.80. The molecule has 96 valence electrons. The summed E-state index contributed by atoms with van der Waals surface area (Å²) in [6.07, 6.45) is 2.75. The Morgan fingerprint density at radius 3 is 2.83 bits per heavy atom. The molecule has 1 aromatic heterocycles. The topological polar surface area (TPSA) is 33.4 Å². The van der Waals surface area contributed by atoms with Gasteiger partial charge in [0.1, 0.15) is 11.6 Å². The molecular weight excluding hydrogens is 255 g/mol. The highest BCUT2D eigenvalue weighted by Crippen LogP contribution is 2.17. The SMILES string of the molecule is OC(CCc1ccco1)Cc1ccc(Cl)c(F)c1. The van der Waals surface area contributed by atoms with Crippen molar-refractivity contribution in [1.82, 2.24) is 0 Å². The summed E-state index contributed by atoms with van der Waals surface area (Å²) in [5.74, 6) is 0.392. The molecule has 4 heteroatoms. The molecule has 0 fully saturated rings. The summed E-state index contributed by atoms with van der Waals surface area (Å²) in [7, 11) is 0. The second-order valence-electron chi connectivity index (χ2n) is 4.22. The van der Waals surface area contributed by atoms with E-state index in [1.165, 1.54) is 12.1 Å². The van der Waals surface area contributed by atoms with Gasteiger partial charge < -0.3 is 9.52 Å². The number of benzene rings is 1. The van der Waals surface area contributed by atoms with Gasteiger partial charge in [-0.1, -0.05) is 17.7 Å². The Hall–Kier alpha value is -1.32. The maximum absolute atomic E-state index is 13.2. The van der Waals surface area contributed by atoms with Gasteiger partial charge >= 0.3 is 0 Å². The van der Waals surface area contributed by atoms with Crippen molar-refractivity contribution < 1.29 is 13.9 Å². The van der Waals surface area contributed by atoms with Crippen molar-refractivity contribution in [2.75, 3.05) is 0 Å². The molecule has 1 aromatic carbocycles. The predicted molar refractivity (Wildman–Crippen MR) is 68.1 cm³/mol. The molecule has 2 aromatic rings. The van der Waals surface area contributed by atoms with Crippen molar-refractivity contribution in [2.45, 2.75) is 25.4 Å². The molecule has 0 amide bonds. The minimum Gasteiger partial charge on any atom is -0.469 e. The zero-order chi connectivity index (χ0) is 13.0. The zero-order valence-electron chi connectivity index (χ0n) is 9.77. The van der Waals surface area contributed by atoms with Crippen molar-refractivity contribution >= 4 is 11.6 Å². The lowest BCUT2D eigenvalue weighted by Gasteiger charge is -2.10. The first-order valence-corrected chi connectivity index (χ1v) is 6.17. The van der Waals surface area contributed by atoms with Crippen molar-refractivity contribution in [1.29, 1.82) is 0 Å². The van der Waals surface area contributed by atoms with Crippen LogP contribution >= 0.6 is 11.6 Å². The molecule has 1 N–H and O–H groups in total. The molecular formula is C14H14ClFO2. The molecule has 0 radical (unpaired) electrons. The van der Waals surface area contributed by atoms with Crippen LogP contribution in [0.15, 0.2) is 41.0 Å². The van der Waals surface area contributed by atoms with Gasteiger partial charge in [-0.2, -0.15) is 0 Å². The zero-order valence-corrected chi connectivity index (χ0v) is 10.5. The van der Waals surface area contributed by atoms with Crippen LogP contribution in [-0.2, 0) is 12.8 Å². The van der Waals surface area contributed by atoms with E-state index in [0.29, 0.717) is 19.3 Å². The van der Waals surface area contributed by atoms with Crippen molar-refractivity contribution in [3.05, 3.63) is 58.8 Å². The fraction of sp³-hybridized carbons (Fsp3) is 0.286. The van der Waals surface area contributed by atoms with E-state index >= 15 is 0 Å². The summed E-state index contributed by atoms with van der Waals surface area (Å²) in [5.41, 5.74) is 0.740. The van der Waals surface area contributed by atoms with Gasteiger partial charge in [-0.3, -0.25) is 0 Å². The number of hydrogen-bond acceptors (Lipinski definition) is 2. The fourth-order valence-corrected chi connectivity index (χ4v) is 1.92. The molecule has 1 atom stereocenters. The summed E-state index contributed by atoms with van der Waals surface area (Å²) in [6, 6.07) is 8.27. The Morgan fingerprint density at radius 2 is 2.17 bits per heavy atom. The van der Waals surface area contributed by atoms with Crippen LogP contribution in [0, 0.1) is 5.82 Å². The van der Waals surface area contributed by atoms with Crippen LogP contribution in [0.1, 0.15) is 17.7 Å². The number of aliphatic hydroxyl groups excluding tert-OH is 1. The molecule has 0 aliphatic rings. The molecule has 1 heterocycles. The van der Waals surface area contributed by atoms with Crippen molar-refractivity contribution in [2.24, 2.45) is 0 Å². The molecule has 0 aliphatic carbocycles. The van der Waals surface area contributed by atoms with E-state index in [1.54, 1.807) is 12.3 Å². The highest BCUT2D eigenvalue weighted by molar-refractivity contribution is 6.30. The van der Waals surface area contributed by atoms with E-state index in [0.717, 1.165) is 11.3 Å². The predicted octanol–water partition coefficient (Wildman–Crippen LogP) is 3.61. The van der Waals surface area contributed by atoms with Crippen LogP contribution < -0.4 is 0 Å². The van der Waals surface area contributed by atoms with Crippen LogP contribution in [0.25, 0.3) is 0 Å². The summed E-state index contributed by atoms with van der Waals surface area (Å²) in [6.45, 7) is 0. The summed E-state index contributed by atoms with van der Waals surface area (Å²) < 4.78 is 18.4. The van der Waals surface area contributed by atoms with Crippen LogP contribution in [0.2, 0.25) is 5.02 Å². The number of rotatable bonds is 5. The molecule has 0 bridgehead atoms. The minimum absolute atomic E-state index is 0.101. The van der Waals surface area contributed by atoms with E-state index in [1.807, 2.05) is 12.1 Å². The summed E-state index contributed by atoms with van der Waals surface area (Å²) in [4.78, 5) is 0. The van der Waals surface area contributed by atoms with E-state index in [4.69, 9.17) is 16.0 Å². The van der Waals surface area contributed by atoms with Crippen LogP contribution in [0.4, 0.5) is 4.39 Å². The third kappa shape index (κ3) is 3.59. The molecule has 0 saturated heterocycles. The van der Waals surface area contributed by atoms with Gasteiger partial charge in [-0.05, 0) is 42.7 Å². The maximum atomic E-state index is 13.2. The maximum Gasteiger partial charge on any atom is 0.142 e. The molecule has 2 nitrogen and oxygen atoms in total. The lowest BCUT2D eigenvalue weighted by atomic mass is 10.0. The number of hydrogen-bond donors (Lipinski definition) is 1. The molecule has 18 heavy (non-hydrogen) atoms. The minimum atomic E-state index is -0.518. The van der Waals surface area contributed by atoms with E-state index < -0.39 is 11.9 Å². The molecule has 1 unspecified atom stereocenters. The number of halogens is 2. The first kappa shape index (κ1) is 13.1. The average molecular weight is 269 g/mol. The van der Waals surface area contributed by atoms with Gasteiger partial charge in [0.15, 0.2) is 0 Å². The second kappa shape index (κ2) is 6.03. The van der Waals surface area contributed by atoms with Gasteiger partial charge in [0.2, 0.25) is 0 Å². The van der Waals surface area contributed by atoms with Gasteiger partial charge in [0, 0.05) is 6.42 Å². The van der Waals surface area contributed by atoms with Crippen LogP contribution in [-0.4, -0.2) is 11.2 Å². The normalized spacial score (nSPS) is 12.6. The van der Waals surface area contributed by atoms with Crippen LogP contribution in [0.3, 0.4) is 0 Å². The quantitative estimate of drug-likeness (QED) is 0.899. The van der Waals surface area contributed by atoms with E-state index in [9.17, 15) is 9.50 Å². The third-order valence-electron chi connectivity index (χ3n) is 2.76. The average Bonchev–Trinajstić information content (AvgIpc) is 2.84. The number of aliphatic hydroxyl groups is 1. The number of aryl methyl sites for hydroxylation is 1. The van der Waals surface area contributed by atoms with E-state index in [-0.39, 0.29) is 5.02 Å². The van der Waals surface area contributed by atoms with Crippen molar-refractivity contribution in [3.8, 4) is 0 Å². The number of furan rings is 1. The first-order valence-electron chi connectivity index (χ1n) is 5.79. The monoisotopic (exact) mass is 268 g/mol. The first-order chi connectivity index (χ1) is 8.65. The lowest BCUT2D eigenvalue weighted by molar-refractivity contribution is 0.163. The Balaban J connectivity index is 1.86. The highest BCUT2D eigenvalue weighted by Gasteiger charge is 2.09. The van der Waals surface area contributed by atoms with Gasteiger partial charge in [-0.25, -0.2) is 4.39 Å². The van der Waals surface area contributed by atoms with Crippen molar-refractivity contribution in [3.63, 3.8) is 0 Å². The van der Waals surface area contributed by atoms with Crippen LogP contribution in [0.5, 0.6) is 0 Å². The van der Waals surface area contributed by atoms with Gasteiger partial charge in [0.25, 0.3) is 0 Å². The molecule has 2 rings (SSSR count). The second-order valence-corrected chi connectivity index (χ2v) is 4.63. The molecule has 0 aliphatic heterocycles. The summed E-state index contributed by atoms with van der Waals surface area (Å²) in [5, 5.41) is 9.97. The Kier molecular flexibility index (Phi) is 4.39. The standard InChI is InChI=1S/C14H14ClFO2/c15-13-6-3-10(9-14(13)16)8-11(17)4-5-12-2-1-7-18-12/h1-3,6-7,9,11,17H,4-5,8H2. The van der Waals surface area contributed by atoms with Gasteiger partial charge in [-0.15, -0.1) is 0 Å². The summed E-state index contributed by atoms with van der Waals surface area (Å²) >= 11 is 5.60. The third-order valence-corrected chi connectivity index (χ3v) is 3.07. The Bertz CT molecular complexity index is 497. The lowest BCUT2D eigenvalue weighted by Crippen LogP contribution is -2.11. The Labute approximate surface area is 110 Å². The molecule has 0 spiro atoms. The Morgan fingerprint density at radius 1 is 1.33 bits per heavy atom.